The third kappa shape index (κ3) is 3.16. The average Bonchev–Trinajstić information content (AvgIpc) is 2.72. The maximum absolute atomic E-state index is 12.3. The Bertz CT molecular complexity index is 684. The zero-order chi connectivity index (χ0) is 14.7. The van der Waals surface area contributed by atoms with Crippen LogP contribution in [-0.4, -0.2) is 34.3 Å². The van der Waals surface area contributed by atoms with Gasteiger partial charge in [-0.25, -0.2) is 0 Å². The molecule has 21 heavy (non-hydrogen) atoms. The zero-order valence-corrected chi connectivity index (χ0v) is 12.2. The van der Waals surface area contributed by atoms with Crippen molar-refractivity contribution in [3.63, 3.8) is 0 Å². The first-order valence-electron chi connectivity index (χ1n) is 6.76. The lowest BCUT2D eigenvalue weighted by atomic mass is 10.1. The van der Waals surface area contributed by atoms with Crippen LogP contribution in [0.5, 0.6) is 0 Å². The summed E-state index contributed by atoms with van der Waals surface area (Å²) in [4.78, 5) is 28.2. The molecule has 108 valence electrons. The highest BCUT2D eigenvalue weighted by atomic mass is 32.2. The van der Waals surface area contributed by atoms with E-state index in [-0.39, 0.29) is 11.8 Å². The molecule has 0 radical (unpaired) electrons. The Morgan fingerprint density at radius 3 is 3.14 bits per heavy atom. The van der Waals surface area contributed by atoms with Crippen molar-refractivity contribution in [2.75, 3.05) is 16.8 Å². The SMILES string of the molecule is O=C1CCSC[C@@H](C(=O)Nc2cccc3ncccc23)N1. The Kier molecular flexibility index (Phi) is 4.06. The van der Waals surface area contributed by atoms with E-state index in [1.54, 1.807) is 18.0 Å². The highest BCUT2D eigenvalue weighted by Crippen LogP contribution is 2.22. The van der Waals surface area contributed by atoms with Gasteiger partial charge in [-0.15, -0.1) is 0 Å². The third-order valence-corrected chi connectivity index (χ3v) is 4.38. The van der Waals surface area contributed by atoms with Gasteiger partial charge in [0.15, 0.2) is 0 Å². The van der Waals surface area contributed by atoms with Crippen molar-refractivity contribution >= 4 is 40.2 Å². The molecule has 0 unspecified atom stereocenters. The number of anilines is 1. The number of nitrogens with zero attached hydrogens (tertiary/aromatic N) is 1. The third-order valence-electron chi connectivity index (χ3n) is 3.31. The number of aromatic nitrogens is 1. The monoisotopic (exact) mass is 301 g/mol. The molecule has 0 saturated carbocycles. The van der Waals surface area contributed by atoms with Gasteiger partial charge in [-0.1, -0.05) is 6.07 Å². The fourth-order valence-corrected chi connectivity index (χ4v) is 3.21. The first-order chi connectivity index (χ1) is 10.2. The van der Waals surface area contributed by atoms with E-state index < -0.39 is 6.04 Å². The quantitative estimate of drug-likeness (QED) is 0.887. The van der Waals surface area contributed by atoms with Gasteiger partial charge in [-0.05, 0) is 24.3 Å². The maximum Gasteiger partial charge on any atom is 0.247 e. The molecule has 2 aromatic rings. The summed E-state index contributed by atoms with van der Waals surface area (Å²) in [7, 11) is 0. The van der Waals surface area contributed by atoms with Crippen molar-refractivity contribution in [1.82, 2.24) is 10.3 Å². The summed E-state index contributed by atoms with van der Waals surface area (Å²) in [5, 5.41) is 6.55. The normalized spacial score (nSPS) is 18.9. The number of nitrogens with one attached hydrogen (secondary N) is 2. The molecule has 2 heterocycles. The molecule has 5 nitrogen and oxygen atoms in total. The number of amides is 2. The summed E-state index contributed by atoms with van der Waals surface area (Å²) in [5.74, 6) is 1.10. The predicted molar refractivity (Wildman–Crippen MR) is 84.2 cm³/mol. The van der Waals surface area contributed by atoms with E-state index in [0.29, 0.717) is 17.9 Å². The number of hydrogen-bond donors (Lipinski definition) is 2. The van der Waals surface area contributed by atoms with Gasteiger partial charge in [0.25, 0.3) is 0 Å². The molecule has 1 saturated heterocycles. The second-order valence-electron chi connectivity index (χ2n) is 4.81. The number of pyridine rings is 1. The van der Waals surface area contributed by atoms with Crippen LogP contribution in [0.4, 0.5) is 5.69 Å². The Hall–Kier alpha value is -2.08. The highest BCUT2D eigenvalue weighted by Gasteiger charge is 2.23. The van der Waals surface area contributed by atoms with E-state index in [1.807, 2.05) is 30.3 Å². The standard InChI is InChI=1S/C15H15N3O2S/c19-14-6-8-21-9-13(17-14)15(20)18-12-5-1-4-11-10(12)3-2-7-16-11/h1-5,7,13H,6,8-9H2,(H,17,19)(H,18,20)/t13-/m0/s1. The summed E-state index contributed by atoms with van der Waals surface area (Å²) < 4.78 is 0. The molecule has 1 fully saturated rings. The second kappa shape index (κ2) is 6.13. The van der Waals surface area contributed by atoms with Crippen LogP contribution in [0, 0.1) is 0 Å². The number of carbonyl (C=O) groups is 2. The molecule has 1 aliphatic heterocycles. The van der Waals surface area contributed by atoms with Gasteiger partial charge >= 0.3 is 0 Å². The number of carbonyl (C=O) groups excluding carboxylic acids is 2. The molecule has 1 atom stereocenters. The lowest BCUT2D eigenvalue weighted by molar-refractivity contribution is -0.125. The molecule has 0 bridgehead atoms. The molecule has 1 aromatic carbocycles. The van der Waals surface area contributed by atoms with Crippen molar-refractivity contribution in [2.45, 2.75) is 12.5 Å². The van der Waals surface area contributed by atoms with E-state index in [1.165, 1.54) is 0 Å². The van der Waals surface area contributed by atoms with Crippen LogP contribution in [0.2, 0.25) is 0 Å². The van der Waals surface area contributed by atoms with Crippen molar-refractivity contribution < 1.29 is 9.59 Å². The highest BCUT2D eigenvalue weighted by molar-refractivity contribution is 7.99. The van der Waals surface area contributed by atoms with Crippen LogP contribution >= 0.6 is 11.8 Å². The van der Waals surface area contributed by atoms with Gasteiger partial charge < -0.3 is 10.6 Å². The lowest BCUT2D eigenvalue weighted by Gasteiger charge is -2.16. The molecular formula is C15H15N3O2S. The number of hydrogen-bond acceptors (Lipinski definition) is 4. The predicted octanol–water partition coefficient (Wildman–Crippen LogP) is 1.79. The lowest BCUT2D eigenvalue weighted by Crippen LogP contribution is -2.44. The van der Waals surface area contributed by atoms with Gasteiger partial charge in [0, 0.05) is 29.5 Å². The summed E-state index contributed by atoms with van der Waals surface area (Å²) in [6, 6.07) is 8.85. The van der Waals surface area contributed by atoms with Crippen LogP contribution in [0.3, 0.4) is 0 Å². The first-order valence-corrected chi connectivity index (χ1v) is 7.91. The fourth-order valence-electron chi connectivity index (χ4n) is 2.25. The molecule has 2 N–H and O–H groups in total. The smallest absolute Gasteiger partial charge is 0.247 e. The molecule has 1 aromatic heterocycles. The number of thioether (sulfide) groups is 1. The average molecular weight is 301 g/mol. The summed E-state index contributed by atoms with van der Waals surface area (Å²) in [6.07, 6.45) is 2.18. The fraction of sp³-hybridized carbons (Fsp3) is 0.267. The van der Waals surface area contributed by atoms with Crippen molar-refractivity contribution in [3.05, 3.63) is 36.5 Å². The largest absolute Gasteiger partial charge is 0.343 e. The molecule has 1 aliphatic rings. The van der Waals surface area contributed by atoms with Crippen LogP contribution in [0.25, 0.3) is 10.9 Å². The Balaban J connectivity index is 1.81. The van der Waals surface area contributed by atoms with Gasteiger partial charge in [-0.3, -0.25) is 14.6 Å². The first kappa shape index (κ1) is 13.9. The molecule has 0 spiro atoms. The molecule has 3 rings (SSSR count). The topological polar surface area (TPSA) is 71.1 Å². The van der Waals surface area contributed by atoms with Crippen molar-refractivity contribution in [3.8, 4) is 0 Å². The molecule has 0 aliphatic carbocycles. The Labute approximate surface area is 126 Å². The van der Waals surface area contributed by atoms with E-state index in [9.17, 15) is 9.59 Å². The van der Waals surface area contributed by atoms with Gasteiger partial charge in [0.05, 0.1) is 11.2 Å². The Morgan fingerprint density at radius 1 is 1.33 bits per heavy atom. The van der Waals surface area contributed by atoms with E-state index in [0.717, 1.165) is 16.7 Å². The van der Waals surface area contributed by atoms with E-state index in [4.69, 9.17) is 0 Å². The Morgan fingerprint density at radius 2 is 2.24 bits per heavy atom. The maximum atomic E-state index is 12.3. The van der Waals surface area contributed by atoms with Crippen LogP contribution in [0.15, 0.2) is 36.5 Å². The molecule has 6 heteroatoms. The number of benzene rings is 1. The minimum atomic E-state index is -0.489. The van der Waals surface area contributed by atoms with Gasteiger partial charge in [0.1, 0.15) is 6.04 Å². The summed E-state index contributed by atoms with van der Waals surface area (Å²) in [6.45, 7) is 0. The van der Waals surface area contributed by atoms with E-state index >= 15 is 0 Å². The number of fused-ring (bicyclic) bond motifs is 1. The zero-order valence-electron chi connectivity index (χ0n) is 11.3. The second-order valence-corrected chi connectivity index (χ2v) is 5.96. The summed E-state index contributed by atoms with van der Waals surface area (Å²) >= 11 is 1.61. The summed E-state index contributed by atoms with van der Waals surface area (Å²) in [5.41, 5.74) is 1.55. The van der Waals surface area contributed by atoms with Crippen LogP contribution in [0.1, 0.15) is 6.42 Å². The van der Waals surface area contributed by atoms with Crippen molar-refractivity contribution in [1.29, 1.82) is 0 Å². The number of rotatable bonds is 2. The minimum absolute atomic E-state index is 0.0697. The molecule has 2 amide bonds. The van der Waals surface area contributed by atoms with Gasteiger partial charge in [-0.2, -0.15) is 11.8 Å². The van der Waals surface area contributed by atoms with Gasteiger partial charge in [0.2, 0.25) is 11.8 Å². The van der Waals surface area contributed by atoms with Crippen molar-refractivity contribution in [2.24, 2.45) is 0 Å². The molecular weight excluding hydrogens is 286 g/mol. The van der Waals surface area contributed by atoms with E-state index in [2.05, 4.69) is 15.6 Å². The van der Waals surface area contributed by atoms with Crippen LogP contribution in [-0.2, 0) is 9.59 Å². The van der Waals surface area contributed by atoms with Crippen LogP contribution < -0.4 is 10.6 Å². The minimum Gasteiger partial charge on any atom is -0.343 e.